The lowest BCUT2D eigenvalue weighted by Gasteiger charge is -2.26. The zero-order valence-corrected chi connectivity index (χ0v) is 16.3. The Morgan fingerprint density at radius 1 is 1.03 bits per heavy atom. The van der Waals surface area contributed by atoms with Gasteiger partial charge in [-0.25, -0.2) is 4.68 Å². The number of benzene rings is 2. The van der Waals surface area contributed by atoms with E-state index in [4.69, 9.17) is 4.52 Å². The monoisotopic (exact) mass is 415 g/mol. The van der Waals surface area contributed by atoms with Crippen LogP contribution in [0.5, 0.6) is 0 Å². The van der Waals surface area contributed by atoms with Crippen molar-refractivity contribution in [1.29, 1.82) is 0 Å². The first-order valence-electron chi connectivity index (χ1n) is 9.66. The summed E-state index contributed by atoms with van der Waals surface area (Å²) < 4.78 is 6.84. The number of fused-ring (bicyclic) bond motifs is 1. The van der Waals surface area contributed by atoms with Gasteiger partial charge in [0.1, 0.15) is 6.54 Å². The molecular formula is C21H17N7O3. The minimum Gasteiger partial charge on any atom is -0.332 e. The summed E-state index contributed by atoms with van der Waals surface area (Å²) in [6, 6.07) is 18.4. The van der Waals surface area contributed by atoms with Gasteiger partial charge in [0.05, 0.1) is 6.54 Å². The van der Waals surface area contributed by atoms with Gasteiger partial charge in [0.25, 0.3) is 11.8 Å². The second kappa shape index (κ2) is 7.82. The van der Waals surface area contributed by atoms with Crippen molar-refractivity contribution >= 4 is 17.5 Å². The van der Waals surface area contributed by atoms with Gasteiger partial charge in [-0.05, 0) is 12.1 Å². The molecule has 2 aromatic carbocycles. The summed E-state index contributed by atoms with van der Waals surface area (Å²) in [4.78, 5) is 31.3. The Morgan fingerprint density at radius 3 is 2.55 bits per heavy atom. The van der Waals surface area contributed by atoms with E-state index in [2.05, 4.69) is 25.8 Å². The van der Waals surface area contributed by atoms with Crippen molar-refractivity contribution in [2.45, 2.75) is 6.54 Å². The zero-order valence-electron chi connectivity index (χ0n) is 16.3. The smallest absolute Gasteiger partial charge is 0.281 e. The molecule has 31 heavy (non-hydrogen) atoms. The summed E-state index contributed by atoms with van der Waals surface area (Å²) in [5.74, 6) is -0.163. The van der Waals surface area contributed by atoms with Crippen LogP contribution in [0, 0.1) is 0 Å². The maximum Gasteiger partial charge on any atom is 0.281 e. The maximum absolute atomic E-state index is 13.1. The summed E-state index contributed by atoms with van der Waals surface area (Å²) >= 11 is 0. The molecule has 1 N–H and O–H groups in total. The van der Waals surface area contributed by atoms with Crippen molar-refractivity contribution in [2.75, 3.05) is 18.4 Å². The molecule has 0 saturated carbocycles. The van der Waals surface area contributed by atoms with Crippen molar-refractivity contribution in [1.82, 2.24) is 30.0 Å². The van der Waals surface area contributed by atoms with Crippen LogP contribution in [-0.4, -0.2) is 54.9 Å². The van der Waals surface area contributed by atoms with E-state index in [0.717, 1.165) is 5.56 Å². The molecule has 0 atom stereocenters. The molecule has 1 aliphatic heterocycles. The zero-order chi connectivity index (χ0) is 21.2. The number of hydrogen-bond donors (Lipinski definition) is 1. The molecule has 1 aliphatic rings. The van der Waals surface area contributed by atoms with Gasteiger partial charge < -0.3 is 14.7 Å². The molecule has 5 rings (SSSR count). The van der Waals surface area contributed by atoms with E-state index in [1.165, 1.54) is 9.58 Å². The number of rotatable bonds is 5. The molecule has 154 valence electrons. The Bertz CT molecular complexity index is 1230. The average Bonchev–Trinajstić information content (AvgIpc) is 3.44. The lowest BCUT2D eigenvalue weighted by atomic mass is 10.2. The van der Waals surface area contributed by atoms with Crippen LogP contribution in [-0.2, 0) is 11.3 Å². The molecule has 10 heteroatoms. The summed E-state index contributed by atoms with van der Waals surface area (Å²) in [7, 11) is 0. The fourth-order valence-corrected chi connectivity index (χ4v) is 3.36. The normalized spacial score (nSPS) is 13.2. The maximum atomic E-state index is 13.1. The number of hydrogen-bond acceptors (Lipinski definition) is 7. The lowest BCUT2D eigenvalue weighted by molar-refractivity contribution is -0.117. The molecule has 2 aromatic heterocycles. The van der Waals surface area contributed by atoms with E-state index >= 15 is 0 Å². The Balaban J connectivity index is 1.36. The Kier molecular flexibility index (Phi) is 4.71. The predicted molar refractivity (Wildman–Crippen MR) is 110 cm³/mol. The van der Waals surface area contributed by atoms with E-state index in [1.807, 2.05) is 48.5 Å². The Labute approximate surface area is 176 Å². The van der Waals surface area contributed by atoms with Crippen molar-refractivity contribution < 1.29 is 14.1 Å². The van der Waals surface area contributed by atoms with E-state index in [0.29, 0.717) is 24.6 Å². The first-order chi connectivity index (χ1) is 15.2. The van der Waals surface area contributed by atoms with E-state index < -0.39 is 0 Å². The highest BCUT2D eigenvalue weighted by molar-refractivity contribution is 6.01. The summed E-state index contributed by atoms with van der Waals surface area (Å²) in [6.45, 7) is 0.666. The second-order valence-electron chi connectivity index (χ2n) is 6.94. The molecule has 0 bridgehead atoms. The highest BCUT2D eigenvalue weighted by Gasteiger charge is 2.33. The third kappa shape index (κ3) is 3.66. The first-order valence-corrected chi connectivity index (χ1v) is 9.66. The molecule has 0 unspecified atom stereocenters. The largest absolute Gasteiger partial charge is 0.332 e. The van der Waals surface area contributed by atoms with Crippen molar-refractivity contribution in [3.05, 3.63) is 66.4 Å². The van der Waals surface area contributed by atoms with Crippen LogP contribution < -0.4 is 5.32 Å². The Morgan fingerprint density at radius 2 is 1.77 bits per heavy atom. The molecule has 0 radical (unpaired) electrons. The minimum atomic E-state index is -0.367. The standard InChI is InChI=1S/C21H17N7O3/c29-16(22-15-9-5-2-6-10-15)13-27-11-12-28-18(21(27)30)17(24-26-28)20-23-19(25-31-20)14-7-3-1-4-8-14/h1-10H,11-13H2,(H,22,29). The average molecular weight is 415 g/mol. The van der Waals surface area contributed by atoms with Crippen LogP contribution in [0.3, 0.4) is 0 Å². The second-order valence-corrected chi connectivity index (χ2v) is 6.94. The number of anilines is 1. The number of para-hydroxylation sites is 1. The van der Waals surface area contributed by atoms with Crippen LogP contribution >= 0.6 is 0 Å². The minimum absolute atomic E-state index is 0.0859. The summed E-state index contributed by atoms with van der Waals surface area (Å²) in [6.07, 6.45) is 0. The summed E-state index contributed by atoms with van der Waals surface area (Å²) in [5.41, 5.74) is 1.88. The quantitative estimate of drug-likeness (QED) is 0.530. The third-order valence-corrected chi connectivity index (χ3v) is 4.86. The molecule has 0 saturated heterocycles. The fourth-order valence-electron chi connectivity index (χ4n) is 3.36. The first kappa shape index (κ1) is 18.7. The number of aromatic nitrogens is 5. The predicted octanol–water partition coefficient (Wildman–Crippen LogP) is 2.09. The van der Waals surface area contributed by atoms with E-state index in [9.17, 15) is 9.59 Å². The van der Waals surface area contributed by atoms with Gasteiger partial charge in [0.15, 0.2) is 11.4 Å². The lowest BCUT2D eigenvalue weighted by Crippen LogP contribution is -2.44. The third-order valence-electron chi connectivity index (χ3n) is 4.86. The van der Waals surface area contributed by atoms with Crippen molar-refractivity contribution in [2.24, 2.45) is 0 Å². The van der Waals surface area contributed by atoms with Crippen LogP contribution in [0.1, 0.15) is 10.5 Å². The van der Waals surface area contributed by atoms with Gasteiger partial charge >= 0.3 is 0 Å². The van der Waals surface area contributed by atoms with Gasteiger partial charge in [-0.1, -0.05) is 58.9 Å². The van der Waals surface area contributed by atoms with Crippen LogP contribution in [0.25, 0.3) is 23.0 Å². The molecule has 0 fully saturated rings. The topological polar surface area (TPSA) is 119 Å². The van der Waals surface area contributed by atoms with Crippen LogP contribution in [0.4, 0.5) is 5.69 Å². The number of carbonyl (C=O) groups excluding carboxylic acids is 2. The molecule has 0 aliphatic carbocycles. The van der Waals surface area contributed by atoms with Gasteiger partial charge in [-0.2, -0.15) is 4.98 Å². The van der Waals surface area contributed by atoms with E-state index in [1.54, 1.807) is 12.1 Å². The number of nitrogens with zero attached hydrogens (tertiary/aromatic N) is 6. The highest BCUT2D eigenvalue weighted by Crippen LogP contribution is 2.25. The number of nitrogens with one attached hydrogen (secondary N) is 1. The number of amides is 2. The van der Waals surface area contributed by atoms with E-state index in [-0.39, 0.29) is 35.6 Å². The SMILES string of the molecule is O=C(CN1CCn2nnc(-c3nc(-c4ccccc4)no3)c2C1=O)Nc1ccccc1. The summed E-state index contributed by atoms with van der Waals surface area (Å²) in [5, 5.41) is 14.9. The molecule has 0 spiro atoms. The van der Waals surface area contributed by atoms with Crippen molar-refractivity contribution in [3.8, 4) is 23.0 Å². The Hall–Kier alpha value is -4.34. The molecule has 4 aromatic rings. The molecule has 10 nitrogen and oxygen atoms in total. The van der Waals surface area contributed by atoms with Crippen LogP contribution in [0.2, 0.25) is 0 Å². The molecule has 3 heterocycles. The molecule has 2 amide bonds. The van der Waals surface area contributed by atoms with Crippen LogP contribution in [0.15, 0.2) is 65.2 Å². The van der Waals surface area contributed by atoms with Crippen molar-refractivity contribution in [3.63, 3.8) is 0 Å². The molecular weight excluding hydrogens is 398 g/mol. The van der Waals surface area contributed by atoms with Gasteiger partial charge in [-0.15, -0.1) is 5.10 Å². The number of carbonyl (C=O) groups is 2. The van der Waals surface area contributed by atoms with Gasteiger partial charge in [-0.3, -0.25) is 9.59 Å². The van der Waals surface area contributed by atoms with Gasteiger partial charge in [0, 0.05) is 17.8 Å². The highest BCUT2D eigenvalue weighted by atomic mass is 16.5. The van der Waals surface area contributed by atoms with Gasteiger partial charge in [0.2, 0.25) is 11.7 Å². The fraction of sp³-hybridized carbons (Fsp3) is 0.143.